The van der Waals surface area contributed by atoms with Crippen LogP contribution in [0.1, 0.15) is 34.6 Å². The van der Waals surface area contributed by atoms with Gasteiger partial charge in [-0.2, -0.15) is 0 Å². The molecule has 1 amide bonds. The Labute approximate surface area is 150 Å². The number of carboxylic acid groups (broad SMARTS) is 1. The lowest BCUT2D eigenvalue weighted by Crippen LogP contribution is -2.37. The summed E-state index contributed by atoms with van der Waals surface area (Å²) in [6, 6.07) is 7.47. The average molecular weight is 356 g/mol. The van der Waals surface area contributed by atoms with Crippen LogP contribution in [0.15, 0.2) is 29.6 Å². The number of aromatic nitrogens is 1. The van der Waals surface area contributed by atoms with E-state index in [2.05, 4.69) is 4.98 Å². The number of thiazole rings is 1. The van der Waals surface area contributed by atoms with Crippen molar-refractivity contribution >= 4 is 23.2 Å². The van der Waals surface area contributed by atoms with Crippen LogP contribution in [-0.2, 0) is 4.79 Å². The molecule has 2 fully saturated rings. The monoisotopic (exact) mass is 356 g/mol. The molecular weight excluding hydrogens is 336 g/mol. The first kappa shape index (κ1) is 16.3. The van der Waals surface area contributed by atoms with Crippen LogP contribution in [0.25, 0.3) is 11.3 Å². The molecule has 1 N–H and O–H groups in total. The molecule has 2 aliphatic rings. The lowest BCUT2D eigenvalue weighted by molar-refractivity contribution is -0.149. The number of benzene rings is 1. The van der Waals surface area contributed by atoms with E-state index in [-0.39, 0.29) is 11.8 Å². The zero-order valence-electron chi connectivity index (χ0n) is 14.1. The second kappa shape index (κ2) is 5.95. The third kappa shape index (κ3) is 2.65. The number of likely N-dealkylation sites (tertiary alicyclic amines) is 1. The smallest absolute Gasteiger partial charge is 0.311 e. The van der Waals surface area contributed by atoms with E-state index in [0.717, 1.165) is 29.1 Å². The molecule has 1 saturated carbocycles. The first-order chi connectivity index (χ1) is 12.0. The van der Waals surface area contributed by atoms with Crippen LogP contribution in [0.4, 0.5) is 0 Å². The van der Waals surface area contributed by atoms with Gasteiger partial charge < -0.3 is 10.0 Å². The van der Waals surface area contributed by atoms with Crippen LogP contribution in [0.2, 0.25) is 0 Å². The maximum atomic E-state index is 12.9. The van der Waals surface area contributed by atoms with Gasteiger partial charge in [-0.05, 0) is 37.8 Å². The van der Waals surface area contributed by atoms with Gasteiger partial charge in [0.25, 0.3) is 5.91 Å². The van der Waals surface area contributed by atoms with Gasteiger partial charge in [0.05, 0.1) is 16.1 Å². The van der Waals surface area contributed by atoms with Gasteiger partial charge in [0.1, 0.15) is 0 Å². The molecule has 0 bridgehead atoms. The second-order valence-electron chi connectivity index (χ2n) is 7.07. The van der Waals surface area contributed by atoms with Crippen LogP contribution >= 0.6 is 11.3 Å². The number of aryl methyl sites for hydroxylation is 1. The molecule has 0 spiro atoms. The third-order valence-electron chi connectivity index (χ3n) is 5.61. The van der Waals surface area contributed by atoms with E-state index in [1.54, 1.807) is 22.3 Å². The second-order valence-corrected chi connectivity index (χ2v) is 8.13. The van der Waals surface area contributed by atoms with Gasteiger partial charge in [0, 0.05) is 29.6 Å². The summed E-state index contributed by atoms with van der Waals surface area (Å²) < 4.78 is 0. The van der Waals surface area contributed by atoms with Crippen LogP contribution in [0, 0.1) is 18.3 Å². The molecule has 1 aromatic heterocycles. The summed E-state index contributed by atoms with van der Waals surface area (Å²) in [5.74, 6) is -0.751. The van der Waals surface area contributed by atoms with Crippen molar-refractivity contribution < 1.29 is 14.7 Å². The molecule has 2 aromatic rings. The zero-order chi connectivity index (χ0) is 17.6. The number of amides is 1. The highest BCUT2D eigenvalue weighted by molar-refractivity contribution is 7.09. The number of nitrogens with zero attached hydrogens (tertiary/aromatic N) is 2. The van der Waals surface area contributed by atoms with Crippen LogP contribution in [-0.4, -0.2) is 40.0 Å². The minimum absolute atomic E-state index is 0.0798. The average Bonchev–Trinajstić information content (AvgIpc) is 3.28. The molecule has 2 atom stereocenters. The molecule has 4 rings (SSSR count). The summed E-state index contributed by atoms with van der Waals surface area (Å²) in [7, 11) is 0. The number of carbonyl (C=O) groups is 2. The van der Waals surface area contributed by atoms with Crippen molar-refractivity contribution in [3.05, 3.63) is 40.2 Å². The van der Waals surface area contributed by atoms with Crippen LogP contribution in [0.5, 0.6) is 0 Å². The predicted molar refractivity (Wildman–Crippen MR) is 95.6 cm³/mol. The topological polar surface area (TPSA) is 70.5 Å². The van der Waals surface area contributed by atoms with Crippen molar-refractivity contribution in [2.75, 3.05) is 13.1 Å². The largest absolute Gasteiger partial charge is 0.481 e. The Hall–Kier alpha value is -2.21. The van der Waals surface area contributed by atoms with Crippen molar-refractivity contribution in [1.82, 2.24) is 9.88 Å². The van der Waals surface area contributed by atoms with Gasteiger partial charge in [-0.25, -0.2) is 4.98 Å². The molecule has 2 heterocycles. The number of hydrogen-bond acceptors (Lipinski definition) is 4. The maximum Gasteiger partial charge on any atom is 0.311 e. The molecule has 5 nitrogen and oxygen atoms in total. The van der Waals surface area contributed by atoms with Crippen LogP contribution < -0.4 is 0 Å². The fourth-order valence-corrected chi connectivity index (χ4v) is 4.91. The van der Waals surface area contributed by atoms with E-state index < -0.39 is 11.4 Å². The molecular formula is C19H20N2O3S. The van der Waals surface area contributed by atoms with Gasteiger partial charge in [-0.15, -0.1) is 11.3 Å². The zero-order valence-corrected chi connectivity index (χ0v) is 14.9. The number of rotatable bonds is 3. The molecule has 0 radical (unpaired) electrons. The van der Waals surface area contributed by atoms with Gasteiger partial charge in [0.2, 0.25) is 0 Å². The molecule has 1 saturated heterocycles. The minimum Gasteiger partial charge on any atom is -0.481 e. The van der Waals surface area contributed by atoms with E-state index in [0.29, 0.717) is 25.1 Å². The maximum absolute atomic E-state index is 12.9. The van der Waals surface area contributed by atoms with E-state index in [1.807, 2.05) is 30.5 Å². The lowest BCUT2D eigenvalue weighted by Gasteiger charge is -2.23. The fraction of sp³-hybridized carbons (Fsp3) is 0.421. The van der Waals surface area contributed by atoms with Gasteiger partial charge in [0.15, 0.2) is 0 Å². The SMILES string of the molecule is Cc1nc(-c2cccc(C(=O)N3C[C@@H]4CCC[C@@]4(C(=O)O)C3)c2)cs1. The summed E-state index contributed by atoms with van der Waals surface area (Å²) in [4.78, 5) is 31.0. The summed E-state index contributed by atoms with van der Waals surface area (Å²) in [6.07, 6.45) is 2.51. The summed E-state index contributed by atoms with van der Waals surface area (Å²) in [5.41, 5.74) is 1.66. The van der Waals surface area contributed by atoms with E-state index in [9.17, 15) is 14.7 Å². The summed E-state index contributed by atoms with van der Waals surface area (Å²) >= 11 is 1.58. The fourth-order valence-electron chi connectivity index (χ4n) is 4.28. The van der Waals surface area contributed by atoms with Crippen molar-refractivity contribution in [3.63, 3.8) is 0 Å². The van der Waals surface area contributed by atoms with E-state index in [4.69, 9.17) is 0 Å². The number of carboxylic acids is 1. The van der Waals surface area contributed by atoms with Gasteiger partial charge >= 0.3 is 5.97 Å². The molecule has 25 heavy (non-hydrogen) atoms. The number of aliphatic carboxylic acids is 1. The van der Waals surface area contributed by atoms with Crippen molar-refractivity contribution in [2.45, 2.75) is 26.2 Å². The Morgan fingerprint density at radius 2 is 2.24 bits per heavy atom. The van der Waals surface area contributed by atoms with E-state index in [1.165, 1.54) is 0 Å². The standard InChI is InChI=1S/C19H20N2O3S/c1-12-20-16(10-25-12)13-4-2-5-14(8-13)17(22)21-9-15-6-3-7-19(15,11-21)18(23)24/h2,4-5,8,10,15H,3,6-7,9,11H2,1H3,(H,23,24)/t15-,19+/m0/s1. The minimum atomic E-state index is -0.753. The molecule has 1 aliphatic heterocycles. The Morgan fingerprint density at radius 3 is 2.92 bits per heavy atom. The highest BCUT2D eigenvalue weighted by atomic mass is 32.1. The van der Waals surface area contributed by atoms with Crippen LogP contribution in [0.3, 0.4) is 0 Å². The quantitative estimate of drug-likeness (QED) is 0.914. The summed E-state index contributed by atoms with van der Waals surface area (Å²) in [6.45, 7) is 2.83. The van der Waals surface area contributed by atoms with E-state index >= 15 is 0 Å². The Bertz CT molecular complexity index is 847. The summed E-state index contributed by atoms with van der Waals surface area (Å²) in [5, 5.41) is 12.7. The first-order valence-electron chi connectivity index (χ1n) is 8.55. The van der Waals surface area contributed by atoms with Gasteiger partial charge in [-0.1, -0.05) is 18.6 Å². The number of carbonyl (C=O) groups excluding carboxylic acids is 1. The highest BCUT2D eigenvalue weighted by Crippen LogP contribution is 2.49. The number of hydrogen-bond donors (Lipinski definition) is 1. The Morgan fingerprint density at radius 1 is 1.40 bits per heavy atom. The predicted octanol–water partition coefficient (Wildman–Crippen LogP) is 3.45. The first-order valence-corrected chi connectivity index (χ1v) is 9.43. The Balaban J connectivity index is 1.59. The molecule has 6 heteroatoms. The highest BCUT2D eigenvalue weighted by Gasteiger charge is 2.55. The lowest BCUT2D eigenvalue weighted by atomic mass is 9.81. The molecule has 1 aliphatic carbocycles. The molecule has 1 aromatic carbocycles. The third-order valence-corrected chi connectivity index (χ3v) is 6.38. The molecule has 130 valence electrons. The van der Waals surface area contributed by atoms with Crippen molar-refractivity contribution in [1.29, 1.82) is 0 Å². The van der Waals surface area contributed by atoms with Crippen molar-refractivity contribution in [3.8, 4) is 11.3 Å². The van der Waals surface area contributed by atoms with Gasteiger partial charge in [-0.3, -0.25) is 9.59 Å². The normalized spacial score (nSPS) is 25.2. The van der Waals surface area contributed by atoms with Crippen molar-refractivity contribution in [2.24, 2.45) is 11.3 Å². The number of fused-ring (bicyclic) bond motifs is 1. The Kier molecular flexibility index (Phi) is 3.87. The molecule has 0 unspecified atom stereocenters.